The molecule has 0 fully saturated rings. The van der Waals surface area contributed by atoms with Gasteiger partial charge in [0.15, 0.2) is 0 Å². The Morgan fingerprint density at radius 3 is 1.96 bits per heavy atom. The lowest BCUT2D eigenvalue weighted by molar-refractivity contribution is -0.138. The number of halogens is 3. The van der Waals surface area contributed by atoms with Gasteiger partial charge in [0.05, 0.1) is 5.56 Å². The van der Waals surface area contributed by atoms with E-state index in [9.17, 15) is 18.3 Å². The average molecular weight is 388 g/mol. The Bertz CT molecular complexity index is 925. The Hall–Kier alpha value is -1.97. The summed E-state index contributed by atoms with van der Waals surface area (Å²) < 4.78 is 40.8. The number of phenols is 1. The van der Waals surface area contributed by atoms with Gasteiger partial charge in [0, 0.05) is 12.0 Å². The van der Waals surface area contributed by atoms with Crippen molar-refractivity contribution in [3.05, 3.63) is 62.2 Å². The van der Waals surface area contributed by atoms with Gasteiger partial charge in [-0.2, -0.15) is 13.2 Å². The van der Waals surface area contributed by atoms with Crippen LogP contribution in [-0.2, 0) is 38.3 Å². The molecule has 0 aliphatic heterocycles. The first kappa shape index (κ1) is 19.4. The van der Waals surface area contributed by atoms with E-state index < -0.39 is 17.5 Å². The van der Waals surface area contributed by atoms with Crippen LogP contribution in [0.3, 0.4) is 0 Å². The van der Waals surface area contributed by atoms with E-state index in [-0.39, 0.29) is 0 Å². The first-order chi connectivity index (χ1) is 13.3. The van der Waals surface area contributed by atoms with Crippen LogP contribution >= 0.6 is 0 Å². The monoisotopic (exact) mass is 388 g/mol. The van der Waals surface area contributed by atoms with Crippen molar-refractivity contribution in [3.8, 4) is 5.75 Å². The van der Waals surface area contributed by atoms with E-state index in [2.05, 4.69) is 19.9 Å². The number of alkyl halides is 3. The highest BCUT2D eigenvalue weighted by Crippen LogP contribution is 2.43. The standard InChI is InChI=1S/C24H27F3O/c1-14-11-16-7-3-5-9-18(16)20(15(14)2)13-21-19-10-6-4-8-17(19)12-22(23(21)28)24(25,26)27/h11-12,28H,3-10,13H2,1-2H3. The van der Waals surface area contributed by atoms with Gasteiger partial charge in [-0.05, 0) is 110 Å². The van der Waals surface area contributed by atoms with Crippen LogP contribution in [0.25, 0.3) is 0 Å². The molecule has 0 unspecified atom stereocenters. The lowest BCUT2D eigenvalue weighted by Gasteiger charge is -2.27. The topological polar surface area (TPSA) is 20.2 Å². The second-order valence-corrected chi connectivity index (χ2v) is 8.41. The van der Waals surface area contributed by atoms with Gasteiger partial charge in [-0.1, -0.05) is 6.07 Å². The third-order valence-electron chi connectivity index (χ3n) is 6.70. The van der Waals surface area contributed by atoms with Gasteiger partial charge < -0.3 is 5.11 Å². The van der Waals surface area contributed by atoms with E-state index in [0.717, 1.165) is 60.8 Å². The Morgan fingerprint density at radius 2 is 1.36 bits per heavy atom. The number of rotatable bonds is 2. The number of aryl methyl sites for hydroxylation is 3. The summed E-state index contributed by atoms with van der Waals surface area (Å²) in [6.45, 7) is 4.14. The summed E-state index contributed by atoms with van der Waals surface area (Å²) in [5.41, 5.74) is 7.47. The second-order valence-electron chi connectivity index (χ2n) is 8.41. The fourth-order valence-electron chi connectivity index (χ4n) is 5.07. The highest BCUT2D eigenvalue weighted by molar-refractivity contribution is 5.56. The molecular formula is C24H27F3O. The van der Waals surface area contributed by atoms with Crippen molar-refractivity contribution < 1.29 is 18.3 Å². The van der Waals surface area contributed by atoms with Gasteiger partial charge in [-0.3, -0.25) is 0 Å². The number of hydrogen-bond acceptors (Lipinski definition) is 1. The number of aromatic hydroxyl groups is 1. The highest BCUT2D eigenvalue weighted by atomic mass is 19.4. The summed E-state index contributed by atoms with van der Waals surface area (Å²) in [6.07, 6.45) is 3.46. The number of phenolic OH excluding ortho intramolecular Hbond substituents is 1. The van der Waals surface area contributed by atoms with Crippen LogP contribution in [0.5, 0.6) is 5.75 Å². The molecule has 0 amide bonds. The van der Waals surface area contributed by atoms with Gasteiger partial charge in [0.2, 0.25) is 0 Å². The molecule has 2 aromatic rings. The SMILES string of the molecule is Cc1cc2c(c(Cc3c(O)c(C(F)(F)F)cc4c3CCCC4)c1C)CCCC2. The van der Waals surface area contributed by atoms with Gasteiger partial charge >= 0.3 is 6.18 Å². The lowest BCUT2D eigenvalue weighted by Crippen LogP contribution is -2.15. The van der Waals surface area contributed by atoms with Crippen molar-refractivity contribution in [2.24, 2.45) is 0 Å². The fraction of sp³-hybridized carbons (Fsp3) is 0.500. The third-order valence-corrected chi connectivity index (χ3v) is 6.70. The molecule has 0 aromatic heterocycles. The van der Waals surface area contributed by atoms with E-state index in [1.54, 1.807) is 0 Å². The van der Waals surface area contributed by atoms with Crippen LogP contribution in [0.15, 0.2) is 12.1 Å². The van der Waals surface area contributed by atoms with Crippen LogP contribution in [-0.4, -0.2) is 5.11 Å². The second kappa shape index (κ2) is 7.13. The minimum Gasteiger partial charge on any atom is -0.507 e. The fourth-order valence-corrected chi connectivity index (χ4v) is 5.07. The molecule has 0 atom stereocenters. The minimum atomic E-state index is -4.54. The molecule has 2 aliphatic carbocycles. The van der Waals surface area contributed by atoms with Crippen LogP contribution in [0.2, 0.25) is 0 Å². The Labute approximate surface area is 164 Å². The summed E-state index contributed by atoms with van der Waals surface area (Å²) in [5.74, 6) is -0.557. The van der Waals surface area contributed by atoms with Crippen LogP contribution in [0, 0.1) is 13.8 Å². The van der Waals surface area contributed by atoms with E-state index in [1.165, 1.54) is 29.2 Å². The van der Waals surface area contributed by atoms with Crippen LogP contribution in [0.1, 0.15) is 75.8 Å². The van der Waals surface area contributed by atoms with Crippen molar-refractivity contribution in [2.75, 3.05) is 0 Å². The molecule has 1 N–H and O–H groups in total. The third kappa shape index (κ3) is 3.31. The molecule has 4 rings (SSSR count). The first-order valence-electron chi connectivity index (χ1n) is 10.3. The number of benzene rings is 2. The summed E-state index contributed by atoms with van der Waals surface area (Å²) in [4.78, 5) is 0. The van der Waals surface area contributed by atoms with Gasteiger partial charge in [0.1, 0.15) is 5.75 Å². The smallest absolute Gasteiger partial charge is 0.419 e. The van der Waals surface area contributed by atoms with Gasteiger partial charge in [-0.25, -0.2) is 0 Å². The largest absolute Gasteiger partial charge is 0.507 e. The Kier molecular flexibility index (Phi) is 4.93. The predicted molar refractivity (Wildman–Crippen MR) is 105 cm³/mol. The molecule has 0 saturated heterocycles. The van der Waals surface area contributed by atoms with Gasteiger partial charge in [0.25, 0.3) is 0 Å². The quantitative estimate of drug-likeness (QED) is 0.633. The molecular weight excluding hydrogens is 361 g/mol. The molecule has 2 aromatic carbocycles. The van der Waals surface area contributed by atoms with Crippen molar-refractivity contribution in [1.29, 1.82) is 0 Å². The zero-order chi connectivity index (χ0) is 20.1. The summed E-state index contributed by atoms with van der Waals surface area (Å²) in [5, 5.41) is 10.7. The molecule has 0 bridgehead atoms. The summed E-state index contributed by atoms with van der Waals surface area (Å²) >= 11 is 0. The first-order valence-corrected chi connectivity index (χ1v) is 10.3. The highest BCUT2D eigenvalue weighted by Gasteiger charge is 2.37. The number of fused-ring (bicyclic) bond motifs is 2. The molecule has 28 heavy (non-hydrogen) atoms. The number of hydrogen-bond donors (Lipinski definition) is 1. The molecule has 150 valence electrons. The molecule has 2 aliphatic rings. The van der Waals surface area contributed by atoms with Gasteiger partial charge in [-0.15, -0.1) is 0 Å². The normalized spacial score (nSPS) is 16.6. The van der Waals surface area contributed by atoms with Crippen LogP contribution < -0.4 is 0 Å². The average Bonchev–Trinajstić information content (AvgIpc) is 2.65. The zero-order valence-electron chi connectivity index (χ0n) is 16.6. The van der Waals surface area contributed by atoms with E-state index in [1.807, 2.05) is 0 Å². The molecule has 1 nitrogen and oxygen atoms in total. The van der Waals surface area contributed by atoms with E-state index in [0.29, 0.717) is 18.4 Å². The van der Waals surface area contributed by atoms with Crippen LogP contribution in [0.4, 0.5) is 13.2 Å². The lowest BCUT2D eigenvalue weighted by atomic mass is 9.79. The molecule has 0 radical (unpaired) electrons. The molecule has 0 spiro atoms. The zero-order valence-corrected chi connectivity index (χ0v) is 16.6. The molecule has 4 heteroatoms. The maximum Gasteiger partial charge on any atom is 0.419 e. The maximum atomic E-state index is 13.6. The van der Waals surface area contributed by atoms with Crippen molar-refractivity contribution in [1.82, 2.24) is 0 Å². The predicted octanol–water partition coefficient (Wildman–Crippen LogP) is 6.38. The van der Waals surface area contributed by atoms with E-state index in [4.69, 9.17) is 0 Å². The summed E-state index contributed by atoms with van der Waals surface area (Å²) in [6, 6.07) is 3.43. The Balaban J connectivity index is 1.90. The maximum absolute atomic E-state index is 13.6. The van der Waals surface area contributed by atoms with Crippen molar-refractivity contribution in [3.63, 3.8) is 0 Å². The molecule has 0 heterocycles. The minimum absolute atomic E-state index is 0.397. The Morgan fingerprint density at radius 1 is 0.821 bits per heavy atom. The van der Waals surface area contributed by atoms with Crippen molar-refractivity contribution in [2.45, 2.75) is 77.8 Å². The molecule has 0 saturated carbocycles. The summed E-state index contributed by atoms with van der Waals surface area (Å²) in [7, 11) is 0. The van der Waals surface area contributed by atoms with Crippen molar-refractivity contribution >= 4 is 0 Å². The van der Waals surface area contributed by atoms with E-state index >= 15 is 0 Å².